The molecule has 18 heavy (non-hydrogen) atoms. The summed E-state index contributed by atoms with van der Waals surface area (Å²) in [5.74, 6) is 0.896. The van der Waals surface area contributed by atoms with Crippen molar-refractivity contribution in [3.05, 3.63) is 46.7 Å². The predicted molar refractivity (Wildman–Crippen MR) is 79.8 cm³/mol. The van der Waals surface area contributed by atoms with Crippen LogP contribution in [-0.2, 0) is 13.5 Å². The molecule has 0 aliphatic rings. The molecule has 1 atom stereocenters. The number of hydrogen-bond donors (Lipinski definition) is 1. The molecular weight excluding hydrogens is 310 g/mol. The summed E-state index contributed by atoms with van der Waals surface area (Å²) in [7, 11) is 1.92. The minimum absolute atomic E-state index is 0.129. The minimum Gasteiger partial charge on any atom is -0.327 e. The van der Waals surface area contributed by atoms with Crippen molar-refractivity contribution in [2.75, 3.05) is 5.75 Å². The highest BCUT2D eigenvalue weighted by Gasteiger charge is 2.07. The van der Waals surface area contributed by atoms with Crippen LogP contribution >= 0.6 is 27.7 Å². The second-order valence-electron chi connectivity index (χ2n) is 4.21. The third-order valence-electron chi connectivity index (χ3n) is 2.50. The maximum absolute atomic E-state index is 6.12. The third kappa shape index (κ3) is 4.15. The van der Waals surface area contributed by atoms with Crippen molar-refractivity contribution in [3.8, 4) is 0 Å². The molecule has 0 saturated heterocycles. The number of benzene rings is 1. The first-order valence-corrected chi connectivity index (χ1v) is 7.54. The fourth-order valence-corrected chi connectivity index (χ4v) is 3.12. The molecule has 0 bridgehead atoms. The Kier molecular flexibility index (Phi) is 4.86. The van der Waals surface area contributed by atoms with Crippen LogP contribution in [0.4, 0.5) is 0 Å². The van der Waals surface area contributed by atoms with E-state index in [1.165, 1.54) is 4.90 Å². The van der Waals surface area contributed by atoms with Crippen molar-refractivity contribution in [2.45, 2.75) is 17.4 Å². The zero-order valence-corrected chi connectivity index (χ0v) is 12.6. The van der Waals surface area contributed by atoms with Crippen LogP contribution in [0.2, 0.25) is 0 Å². The lowest BCUT2D eigenvalue weighted by Crippen LogP contribution is -2.25. The molecule has 1 aromatic carbocycles. The maximum atomic E-state index is 6.12. The van der Waals surface area contributed by atoms with E-state index in [1.807, 2.05) is 36.1 Å². The zero-order chi connectivity index (χ0) is 13.0. The number of rotatable bonds is 5. The van der Waals surface area contributed by atoms with Gasteiger partial charge in [0.25, 0.3) is 0 Å². The number of hydrogen-bond acceptors (Lipinski definition) is 3. The molecule has 0 aliphatic heterocycles. The number of nitrogens with zero attached hydrogens (tertiary/aromatic N) is 2. The maximum Gasteiger partial charge on any atom is 0.0640 e. The number of aromatic nitrogens is 2. The van der Waals surface area contributed by atoms with Crippen molar-refractivity contribution in [2.24, 2.45) is 12.8 Å². The Hall–Kier alpha value is -0.780. The third-order valence-corrected chi connectivity index (χ3v) is 4.18. The Balaban J connectivity index is 1.83. The zero-order valence-electron chi connectivity index (χ0n) is 10.2. The molecule has 0 aliphatic carbocycles. The molecule has 2 aromatic rings. The topological polar surface area (TPSA) is 43.8 Å². The van der Waals surface area contributed by atoms with Crippen LogP contribution < -0.4 is 5.73 Å². The minimum atomic E-state index is 0.129. The Morgan fingerprint density at radius 1 is 1.44 bits per heavy atom. The second-order valence-corrected chi connectivity index (χ2v) is 6.22. The molecule has 1 aromatic heterocycles. The van der Waals surface area contributed by atoms with Gasteiger partial charge in [-0.3, -0.25) is 4.68 Å². The Morgan fingerprint density at radius 3 is 2.94 bits per heavy atom. The van der Waals surface area contributed by atoms with Gasteiger partial charge >= 0.3 is 0 Å². The lowest BCUT2D eigenvalue weighted by molar-refractivity contribution is 0.691. The van der Waals surface area contributed by atoms with E-state index < -0.39 is 0 Å². The molecule has 2 N–H and O–H groups in total. The molecule has 0 spiro atoms. The number of halogens is 1. The highest BCUT2D eigenvalue weighted by Crippen LogP contribution is 2.22. The van der Waals surface area contributed by atoms with Crippen LogP contribution in [0, 0.1) is 0 Å². The van der Waals surface area contributed by atoms with Gasteiger partial charge in [-0.25, -0.2) is 0 Å². The molecule has 0 amide bonds. The predicted octanol–water partition coefficient (Wildman–Crippen LogP) is 2.84. The summed E-state index contributed by atoms with van der Waals surface area (Å²) in [6.07, 6.45) is 2.77. The molecule has 1 heterocycles. The van der Waals surface area contributed by atoms with E-state index in [4.69, 9.17) is 5.73 Å². The lowest BCUT2D eigenvalue weighted by atomic mass is 10.2. The normalized spacial score (nSPS) is 12.6. The van der Waals surface area contributed by atoms with E-state index in [1.54, 1.807) is 11.8 Å². The summed E-state index contributed by atoms with van der Waals surface area (Å²) in [5.41, 5.74) is 7.17. The fourth-order valence-electron chi connectivity index (χ4n) is 1.66. The Bertz CT molecular complexity index is 512. The van der Waals surface area contributed by atoms with E-state index in [2.05, 4.69) is 33.2 Å². The van der Waals surface area contributed by atoms with Crippen LogP contribution in [0.25, 0.3) is 0 Å². The smallest absolute Gasteiger partial charge is 0.0640 e. The number of nitrogens with two attached hydrogens (primary N) is 1. The van der Waals surface area contributed by atoms with E-state index in [0.717, 1.165) is 22.3 Å². The van der Waals surface area contributed by atoms with Crippen LogP contribution in [-0.4, -0.2) is 21.6 Å². The molecule has 96 valence electrons. The molecule has 0 radical (unpaired) electrons. The van der Waals surface area contributed by atoms with Crippen molar-refractivity contribution in [1.82, 2.24) is 9.78 Å². The Morgan fingerprint density at radius 2 is 2.28 bits per heavy atom. The molecule has 3 nitrogen and oxygen atoms in total. The highest BCUT2D eigenvalue weighted by atomic mass is 79.9. The SMILES string of the molecule is Cn1ccc(CC(N)CSc2cccc(Br)c2)n1. The number of aryl methyl sites for hydroxylation is 1. The first-order valence-electron chi connectivity index (χ1n) is 5.76. The van der Waals surface area contributed by atoms with Gasteiger partial charge in [-0.1, -0.05) is 22.0 Å². The van der Waals surface area contributed by atoms with Crippen molar-refractivity contribution >= 4 is 27.7 Å². The monoisotopic (exact) mass is 325 g/mol. The van der Waals surface area contributed by atoms with Gasteiger partial charge in [0.2, 0.25) is 0 Å². The molecule has 0 saturated carbocycles. The van der Waals surface area contributed by atoms with Gasteiger partial charge < -0.3 is 5.73 Å². The molecular formula is C13H16BrN3S. The quantitative estimate of drug-likeness (QED) is 0.860. The molecule has 1 unspecified atom stereocenters. The van der Waals surface area contributed by atoms with Crippen LogP contribution in [0.1, 0.15) is 5.69 Å². The van der Waals surface area contributed by atoms with Crippen molar-refractivity contribution in [1.29, 1.82) is 0 Å². The van der Waals surface area contributed by atoms with Crippen LogP contribution in [0.3, 0.4) is 0 Å². The largest absolute Gasteiger partial charge is 0.327 e. The summed E-state index contributed by atoms with van der Waals surface area (Å²) in [4.78, 5) is 1.24. The highest BCUT2D eigenvalue weighted by molar-refractivity contribution is 9.10. The second kappa shape index (κ2) is 6.41. The van der Waals surface area contributed by atoms with Gasteiger partial charge in [-0.05, 0) is 24.3 Å². The lowest BCUT2D eigenvalue weighted by Gasteiger charge is -2.09. The Labute approximate surface area is 120 Å². The van der Waals surface area contributed by atoms with Gasteiger partial charge in [-0.15, -0.1) is 11.8 Å². The first-order chi connectivity index (χ1) is 8.63. The van der Waals surface area contributed by atoms with Gasteiger partial charge in [0, 0.05) is 40.8 Å². The molecule has 0 fully saturated rings. The van der Waals surface area contributed by atoms with Crippen molar-refractivity contribution < 1.29 is 0 Å². The molecule has 2 rings (SSSR count). The van der Waals surface area contributed by atoms with Gasteiger partial charge in [-0.2, -0.15) is 5.10 Å². The summed E-state index contributed by atoms with van der Waals surface area (Å²) in [5, 5.41) is 4.34. The summed E-state index contributed by atoms with van der Waals surface area (Å²) < 4.78 is 2.91. The fraction of sp³-hybridized carbons (Fsp3) is 0.308. The summed E-state index contributed by atoms with van der Waals surface area (Å²) in [6, 6.07) is 10.4. The van der Waals surface area contributed by atoms with Gasteiger partial charge in [0.05, 0.1) is 5.69 Å². The van der Waals surface area contributed by atoms with Crippen molar-refractivity contribution in [3.63, 3.8) is 0 Å². The van der Waals surface area contributed by atoms with E-state index in [9.17, 15) is 0 Å². The van der Waals surface area contributed by atoms with E-state index in [-0.39, 0.29) is 6.04 Å². The first kappa shape index (κ1) is 13.6. The van der Waals surface area contributed by atoms with Crippen LogP contribution in [0.15, 0.2) is 45.9 Å². The van der Waals surface area contributed by atoms with E-state index >= 15 is 0 Å². The average molecular weight is 326 g/mol. The van der Waals surface area contributed by atoms with Gasteiger partial charge in [0.1, 0.15) is 0 Å². The summed E-state index contributed by atoms with van der Waals surface area (Å²) in [6.45, 7) is 0. The van der Waals surface area contributed by atoms with E-state index in [0.29, 0.717) is 0 Å². The van der Waals surface area contributed by atoms with Crippen LogP contribution in [0.5, 0.6) is 0 Å². The number of thioether (sulfide) groups is 1. The standard InChI is InChI=1S/C13H16BrN3S/c1-17-6-5-12(16-17)8-11(15)9-18-13-4-2-3-10(14)7-13/h2-7,11H,8-9,15H2,1H3. The molecule has 5 heteroatoms. The summed E-state index contributed by atoms with van der Waals surface area (Å²) >= 11 is 5.25. The average Bonchev–Trinajstić information content (AvgIpc) is 2.72. The van der Waals surface area contributed by atoms with Gasteiger partial charge in [0.15, 0.2) is 0 Å².